The fourth-order valence-electron chi connectivity index (χ4n) is 2.09. The Morgan fingerprint density at radius 3 is 2.57 bits per heavy atom. The van der Waals surface area contributed by atoms with Crippen LogP contribution >= 0.6 is 0 Å². The van der Waals surface area contributed by atoms with Gasteiger partial charge in [0, 0.05) is 39.5 Å². The molecule has 0 heterocycles. The van der Waals surface area contributed by atoms with Gasteiger partial charge in [0.05, 0.1) is 5.56 Å². The van der Waals surface area contributed by atoms with E-state index < -0.39 is 11.7 Å². The third-order valence-electron chi connectivity index (χ3n) is 3.20. The van der Waals surface area contributed by atoms with E-state index in [2.05, 4.69) is 5.32 Å². The van der Waals surface area contributed by atoms with Gasteiger partial charge in [-0.05, 0) is 30.7 Å². The molecular weight excluding hydrogens is 281 g/mol. The largest absolute Gasteiger partial charge is 0.418 e. The Bertz CT molecular complexity index is 435. The van der Waals surface area contributed by atoms with Crippen LogP contribution in [0.2, 0.25) is 0 Å². The van der Waals surface area contributed by atoms with Gasteiger partial charge in [0.25, 0.3) is 0 Å². The molecule has 1 rings (SSSR count). The molecule has 6 heteroatoms. The summed E-state index contributed by atoms with van der Waals surface area (Å²) < 4.78 is 44.6. The molecule has 21 heavy (non-hydrogen) atoms. The number of rotatable bonds is 8. The Morgan fingerprint density at radius 2 is 2.00 bits per heavy atom. The highest BCUT2D eigenvalue weighted by atomic mass is 19.4. The number of methoxy groups -OCH3 is 1. The number of hydrogen-bond acceptors (Lipinski definition) is 3. The zero-order valence-electron chi connectivity index (χ0n) is 12.8. The normalized spacial score (nSPS) is 11.7. The van der Waals surface area contributed by atoms with Gasteiger partial charge in [0.1, 0.15) is 0 Å². The molecule has 1 N–H and O–H groups in total. The molecule has 3 nitrogen and oxygen atoms in total. The van der Waals surface area contributed by atoms with Gasteiger partial charge < -0.3 is 15.0 Å². The summed E-state index contributed by atoms with van der Waals surface area (Å²) in [6, 6.07) is 4.51. The second-order valence-corrected chi connectivity index (χ2v) is 4.90. The highest BCUT2D eigenvalue weighted by Crippen LogP contribution is 2.37. The summed E-state index contributed by atoms with van der Waals surface area (Å²) in [5, 5.41) is 3.04. The summed E-state index contributed by atoms with van der Waals surface area (Å²) in [6.07, 6.45) is -3.67. The number of benzene rings is 1. The molecule has 0 saturated heterocycles. The van der Waals surface area contributed by atoms with E-state index >= 15 is 0 Å². The molecule has 0 aliphatic carbocycles. The molecule has 1 aromatic carbocycles. The number of anilines is 1. The van der Waals surface area contributed by atoms with Gasteiger partial charge in [-0.3, -0.25) is 0 Å². The maximum Gasteiger partial charge on any atom is 0.418 e. The molecule has 0 fully saturated rings. The summed E-state index contributed by atoms with van der Waals surface area (Å²) in [6.45, 7) is 4.13. The molecule has 0 aromatic heterocycles. The second kappa shape index (κ2) is 8.24. The molecule has 0 aliphatic heterocycles. The van der Waals surface area contributed by atoms with Crippen molar-refractivity contribution < 1.29 is 17.9 Å². The van der Waals surface area contributed by atoms with Crippen LogP contribution in [0.4, 0.5) is 18.9 Å². The van der Waals surface area contributed by atoms with Crippen LogP contribution in [0.15, 0.2) is 18.2 Å². The van der Waals surface area contributed by atoms with E-state index in [0.29, 0.717) is 31.7 Å². The highest BCUT2D eigenvalue weighted by molar-refractivity contribution is 5.56. The smallest absolute Gasteiger partial charge is 0.385 e. The van der Waals surface area contributed by atoms with Gasteiger partial charge in [0.15, 0.2) is 0 Å². The lowest BCUT2D eigenvalue weighted by Gasteiger charge is -2.24. The third-order valence-corrected chi connectivity index (χ3v) is 3.20. The maximum atomic E-state index is 13.2. The average molecular weight is 304 g/mol. The van der Waals surface area contributed by atoms with Crippen LogP contribution in [-0.2, 0) is 17.5 Å². The Balaban J connectivity index is 2.96. The quantitative estimate of drug-likeness (QED) is 0.746. The summed E-state index contributed by atoms with van der Waals surface area (Å²) >= 11 is 0. The van der Waals surface area contributed by atoms with Crippen LogP contribution in [0, 0.1) is 0 Å². The van der Waals surface area contributed by atoms with E-state index in [1.54, 1.807) is 31.2 Å². The SMILES string of the molecule is CCNCc1ccc(N(C)CCCOC)c(C(F)(F)F)c1. The van der Waals surface area contributed by atoms with Crippen LogP contribution < -0.4 is 10.2 Å². The first-order valence-corrected chi connectivity index (χ1v) is 7.01. The summed E-state index contributed by atoms with van der Waals surface area (Å²) in [7, 11) is 3.25. The Kier molecular flexibility index (Phi) is 6.98. The van der Waals surface area contributed by atoms with Crippen molar-refractivity contribution in [3.05, 3.63) is 29.3 Å². The summed E-state index contributed by atoms with van der Waals surface area (Å²) in [5.74, 6) is 0. The Labute approximate surface area is 124 Å². The van der Waals surface area contributed by atoms with E-state index in [0.717, 1.165) is 6.54 Å². The maximum absolute atomic E-state index is 13.2. The molecule has 0 aliphatic rings. The van der Waals surface area contributed by atoms with Gasteiger partial charge in [-0.25, -0.2) is 0 Å². The van der Waals surface area contributed by atoms with Crippen molar-refractivity contribution in [1.29, 1.82) is 0 Å². The van der Waals surface area contributed by atoms with Crippen molar-refractivity contribution in [2.24, 2.45) is 0 Å². The van der Waals surface area contributed by atoms with Crippen LogP contribution in [0.5, 0.6) is 0 Å². The number of hydrogen-bond donors (Lipinski definition) is 1. The average Bonchev–Trinajstić information content (AvgIpc) is 2.44. The molecule has 1 aromatic rings. The fraction of sp³-hybridized carbons (Fsp3) is 0.600. The van der Waals surface area contributed by atoms with Crippen LogP contribution in [-0.4, -0.2) is 33.9 Å². The van der Waals surface area contributed by atoms with Gasteiger partial charge in [-0.1, -0.05) is 13.0 Å². The molecule has 0 radical (unpaired) electrons. The molecule has 0 spiro atoms. The number of halogens is 3. The fourth-order valence-corrected chi connectivity index (χ4v) is 2.09. The Hall–Kier alpha value is -1.27. The van der Waals surface area contributed by atoms with E-state index in [4.69, 9.17) is 4.74 Å². The molecule has 0 saturated carbocycles. The molecule has 0 atom stereocenters. The van der Waals surface area contributed by atoms with Crippen molar-refractivity contribution in [2.75, 3.05) is 38.8 Å². The lowest BCUT2D eigenvalue weighted by atomic mass is 10.1. The van der Waals surface area contributed by atoms with Crippen molar-refractivity contribution in [3.8, 4) is 0 Å². The van der Waals surface area contributed by atoms with E-state index in [1.165, 1.54) is 6.07 Å². The van der Waals surface area contributed by atoms with E-state index in [-0.39, 0.29) is 5.69 Å². The lowest BCUT2D eigenvalue weighted by molar-refractivity contribution is -0.137. The minimum atomic E-state index is -4.35. The zero-order chi connectivity index (χ0) is 15.9. The molecule has 0 amide bonds. The molecule has 0 bridgehead atoms. The van der Waals surface area contributed by atoms with E-state index in [1.807, 2.05) is 6.92 Å². The summed E-state index contributed by atoms with van der Waals surface area (Å²) in [4.78, 5) is 1.62. The minimum absolute atomic E-state index is 0.207. The topological polar surface area (TPSA) is 24.5 Å². The first-order valence-electron chi connectivity index (χ1n) is 7.01. The molecular formula is C15H23F3N2O. The second-order valence-electron chi connectivity index (χ2n) is 4.90. The van der Waals surface area contributed by atoms with Crippen LogP contribution in [0.3, 0.4) is 0 Å². The van der Waals surface area contributed by atoms with Gasteiger partial charge in [-0.15, -0.1) is 0 Å². The molecule has 0 unspecified atom stereocenters. The zero-order valence-corrected chi connectivity index (χ0v) is 12.8. The predicted molar refractivity (Wildman–Crippen MR) is 78.6 cm³/mol. The summed E-state index contributed by atoms with van der Waals surface area (Å²) in [5.41, 5.74) is 0.259. The first-order chi connectivity index (χ1) is 9.90. The standard InChI is InChI=1S/C15H23F3N2O/c1-4-19-11-12-6-7-14(13(10-12)15(16,17)18)20(2)8-5-9-21-3/h6-7,10,19H,4-5,8-9,11H2,1-3H3. The minimum Gasteiger partial charge on any atom is -0.385 e. The number of nitrogens with one attached hydrogen (secondary N) is 1. The van der Waals surface area contributed by atoms with Crippen LogP contribution in [0.1, 0.15) is 24.5 Å². The number of nitrogens with zero attached hydrogens (tertiary/aromatic N) is 1. The molecule has 120 valence electrons. The van der Waals surface area contributed by atoms with Gasteiger partial charge >= 0.3 is 6.18 Å². The Morgan fingerprint density at radius 1 is 1.29 bits per heavy atom. The van der Waals surface area contributed by atoms with Crippen molar-refractivity contribution >= 4 is 5.69 Å². The van der Waals surface area contributed by atoms with Gasteiger partial charge in [-0.2, -0.15) is 13.2 Å². The number of alkyl halides is 3. The van der Waals surface area contributed by atoms with Crippen molar-refractivity contribution in [3.63, 3.8) is 0 Å². The van der Waals surface area contributed by atoms with E-state index in [9.17, 15) is 13.2 Å². The first kappa shape index (κ1) is 17.8. The van der Waals surface area contributed by atoms with Crippen molar-refractivity contribution in [2.45, 2.75) is 26.1 Å². The van der Waals surface area contributed by atoms with Gasteiger partial charge in [0.2, 0.25) is 0 Å². The van der Waals surface area contributed by atoms with Crippen LogP contribution in [0.25, 0.3) is 0 Å². The third kappa shape index (κ3) is 5.55. The predicted octanol–water partition coefficient (Wildman–Crippen LogP) is 3.29. The number of ether oxygens (including phenoxy) is 1. The highest BCUT2D eigenvalue weighted by Gasteiger charge is 2.34. The lowest BCUT2D eigenvalue weighted by Crippen LogP contribution is -2.24. The monoisotopic (exact) mass is 304 g/mol. The van der Waals surface area contributed by atoms with Crippen molar-refractivity contribution in [1.82, 2.24) is 5.32 Å².